The molecule has 2 aromatic rings. The van der Waals surface area contributed by atoms with Crippen molar-refractivity contribution in [2.24, 2.45) is 5.92 Å². The molecule has 1 aliphatic rings. The van der Waals surface area contributed by atoms with Gasteiger partial charge in [0.05, 0.1) is 0 Å². The van der Waals surface area contributed by atoms with Gasteiger partial charge in [-0.2, -0.15) is 0 Å². The van der Waals surface area contributed by atoms with Crippen molar-refractivity contribution >= 4 is 16.6 Å². The number of fused-ring (bicyclic) bond motifs is 1. The van der Waals surface area contributed by atoms with Gasteiger partial charge in [-0.25, -0.2) is 0 Å². The Hall–Kier alpha value is -1.67. The van der Waals surface area contributed by atoms with E-state index in [1.165, 1.54) is 12.8 Å². The van der Waals surface area contributed by atoms with Gasteiger partial charge in [-0.1, -0.05) is 42.5 Å². The van der Waals surface area contributed by atoms with Crippen molar-refractivity contribution < 1.29 is 4.79 Å². The number of Topliss-reactive ketones (excluding diaryl/α,β-unsaturated/α-hetero) is 1. The Kier molecular flexibility index (Phi) is 4.12. The van der Waals surface area contributed by atoms with Crippen LogP contribution in [0.25, 0.3) is 10.8 Å². The number of rotatable bonds is 4. The van der Waals surface area contributed by atoms with Crippen LogP contribution < -0.4 is 5.32 Å². The van der Waals surface area contributed by atoms with Crippen LogP contribution in [0.3, 0.4) is 0 Å². The van der Waals surface area contributed by atoms with Gasteiger partial charge in [0, 0.05) is 12.0 Å². The van der Waals surface area contributed by atoms with Gasteiger partial charge >= 0.3 is 0 Å². The van der Waals surface area contributed by atoms with Crippen LogP contribution in [-0.4, -0.2) is 18.9 Å². The molecule has 2 aromatic carbocycles. The highest BCUT2D eigenvalue weighted by molar-refractivity contribution is 6.08. The molecule has 0 aromatic heterocycles. The quantitative estimate of drug-likeness (QED) is 0.854. The summed E-state index contributed by atoms with van der Waals surface area (Å²) in [5.41, 5.74) is 0.886. The molecule has 0 bridgehead atoms. The summed E-state index contributed by atoms with van der Waals surface area (Å²) < 4.78 is 0. The van der Waals surface area contributed by atoms with E-state index in [2.05, 4.69) is 17.4 Å². The maximum Gasteiger partial charge on any atom is 0.163 e. The average Bonchev–Trinajstić information content (AvgIpc) is 2.53. The summed E-state index contributed by atoms with van der Waals surface area (Å²) in [7, 11) is 0. The van der Waals surface area contributed by atoms with E-state index < -0.39 is 0 Å². The topological polar surface area (TPSA) is 29.1 Å². The van der Waals surface area contributed by atoms with Gasteiger partial charge in [0.15, 0.2) is 5.78 Å². The number of nitrogens with one attached hydrogen (secondary N) is 1. The second-order valence-electron chi connectivity index (χ2n) is 5.68. The van der Waals surface area contributed by atoms with Crippen LogP contribution in [0, 0.1) is 5.92 Å². The summed E-state index contributed by atoms with van der Waals surface area (Å²) in [5, 5.41) is 5.61. The standard InChI is InChI=1S/C18H21NO/c20-18(9-8-14-10-12-19-13-11-14)17-7-3-5-15-4-1-2-6-16(15)17/h1-7,14,19H,8-13H2. The smallest absolute Gasteiger partial charge is 0.163 e. The molecule has 2 nitrogen and oxygen atoms in total. The van der Waals surface area contributed by atoms with Crippen molar-refractivity contribution in [1.82, 2.24) is 5.32 Å². The first kappa shape index (κ1) is 13.3. The maximum atomic E-state index is 12.5. The minimum atomic E-state index is 0.292. The number of ketones is 1. The van der Waals surface area contributed by atoms with Crippen LogP contribution >= 0.6 is 0 Å². The fraction of sp³-hybridized carbons (Fsp3) is 0.389. The van der Waals surface area contributed by atoms with E-state index in [-0.39, 0.29) is 0 Å². The Morgan fingerprint density at radius 2 is 1.80 bits per heavy atom. The van der Waals surface area contributed by atoms with E-state index >= 15 is 0 Å². The number of carbonyl (C=O) groups excluding carboxylic acids is 1. The molecule has 1 fully saturated rings. The lowest BCUT2D eigenvalue weighted by molar-refractivity contribution is 0.0972. The predicted octanol–water partition coefficient (Wildman–Crippen LogP) is 3.80. The molecule has 104 valence electrons. The molecule has 1 heterocycles. The van der Waals surface area contributed by atoms with Crippen LogP contribution in [0.5, 0.6) is 0 Å². The van der Waals surface area contributed by atoms with Gasteiger partial charge in [-0.3, -0.25) is 4.79 Å². The molecule has 1 N–H and O–H groups in total. The molecule has 0 aliphatic carbocycles. The van der Waals surface area contributed by atoms with Crippen molar-refractivity contribution in [3.8, 4) is 0 Å². The molecule has 0 saturated carbocycles. The zero-order valence-corrected chi connectivity index (χ0v) is 11.8. The first-order valence-electron chi connectivity index (χ1n) is 7.56. The minimum Gasteiger partial charge on any atom is -0.317 e. The molecule has 0 amide bonds. The fourth-order valence-electron chi connectivity index (χ4n) is 3.11. The van der Waals surface area contributed by atoms with E-state index in [0.29, 0.717) is 12.2 Å². The number of benzene rings is 2. The third-order valence-corrected chi connectivity index (χ3v) is 4.33. The summed E-state index contributed by atoms with van der Waals surface area (Å²) in [4.78, 5) is 12.5. The number of carbonyl (C=O) groups is 1. The lowest BCUT2D eigenvalue weighted by atomic mass is 9.90. The average molecular weight is 267 g/mol. The first-order chi connectivity index (χ1) is 9.84. The molecule has 2 heteroatoms. The summed E-state index contributed by atoms with van der Waals surface area (Å²) in [6.45, 7) is 2.21. The van der Waals surface area contributed by atoms with Gasteiger partial charge in [-0.05, 0) is 49.0 Å². The van der Waals surface area contributed by atoms with Gasteiger partial charge in [0.25, 0.3) is 0 Å². The predicted molar refractivity (Wildman–Crippen MR) is 83.1 cm³/mol. The monoisotopic (exact) mass is 267 g/mol. The van der Waals surface area contributed by atoms with Crippen LogP contribution in [-0.2, 0) is 0 Å². The highest BCUT2D eigenvalue weighted by Crippen LogP contribution is 2.23. The second kappa shape index (κ2) is 6.19. The Morgan fingerprint density at radius 3 is 2.65 bits per heavy atom. The lowest BCUT2D eigenvalue weighted by Crippen LogP contribution is -2.28. The molecule has 1 saturated heterocycles. The lowest BCUT2D eigenvalue weighted by Gasteiger charge is -2.22. The van der Waals surface area contributed by atoms with Crippen molar-refractivity contribution in [2.75, 3.05) is 13.1 Å². The SMILES string of the molecule is O=C(CCC1CCNCC1)c1cccc2ccccc12. The van der Waals surface area contributed by atoms with Crippen LogP contribution in [0.15, 0.2) is 42.5 Å². The van der Waals surface area contributed by atoms with E-state index in [1.807, 2.05) is 30.3 Å². The van der Waals surface area contributed by atoms with Crippen molar-refractivity contribution in [1.29, 1.82) is 0 Å². The van der Waals surface area contributed by atoms with Crippen LogP contribution in [0.4, 0.5) is 0 Å². The van der Waals surface area contributed by atoms with Gasteiger partial charge in [-0.15, -0.1) is 0 Å². The summed E-state index contributed by atoms with van der Waals surface area (Å²) >= 11 is 0. The maximum absolute atomic E-state index is 12.5. The largest absolute Gasteiger partial charge is 0.317 e. The Labute approximate surface area is 120 Å². The third-order valence-electron chi connectivity index (χ3n) is 4.33. The first-order valence-corrected chi connectivity index (χ1v) is 7.56. The fourth-order valence-corrected chi connectivity index (χ4v) is 3.11. The van der Waals surface area contributed by atoms with Crippen LogP contribution in [0.2, 0.25) is 0 Å². The zero-order chi connectivity index (χ0) is 13.8. The van der Waals surface area contributed by atoms with Crippen LogP contribution in [0.1, 0.15) is 36.0 Å². The van der Waals surface area contributed by atoms with Gasteiger partial charge in [0.2, 0.25) is 0 Å². The molecular formula is C18H21NO. The van der Waals surface area contributed by atoms with E-state index in [9.17, 15) is 4.79 Å². The third kappa shape index (κ3) is 2.91. The van der Waals surface area contributed by atoms with Gasteiger partial charge in [0.1, 0.15) is 0 Å². The summed E-state index contributed by atoms with van der Waals surface area (Å²) in [6, 6.07) is 14.2. The number of hydrogen-bond acceptors (Lipinski definition) is 2. The molecular weight excluding hydrogens is 246 g/mol. The minimum absolute atomic E-state index is 0.292. The van der Waals surface area contributed by atoms with E-state index in [4.69, 9.17) is 0 Å². The molecule has 0 radical (unpaired) electrons. The zero-order valence-electron chi connectivity index (χ0n) is 11.8. The van der Waals surface area contributed by atoms with Gasteiger partial charge < -0.3 is 5.32 Å². The Morgan fingerprint density at radius 1 is 1.05 bits per heavy atom. The second-order valence-corrected chi connectivity index (χ2v) is 5.68. The summed E-state index contributed by atoms with van der Waals surface area (Å²) in [5.74, 6) is 1.01. The Bertz CT molecular complexity index is 594. The van der Waals surface area contributed by atoms with E-state index in [1.54, 1.807) is 0 Å². The normalized spacial score (nSPS) is 16.4. The molecule has 1 aliphatic heterocycles. The molecule has 0 unspecified atom stereocenters. The highest BCUT2D eigenvalue weighted by atomic mass is 16.1. The number of piperidine rings is 1. The van der Waals surface area contributed by atoms with E-state index in [0.717, 1.165) is 41.8 Å². The van der Waals surface area contributed by atoms with Crippen molar-refractivity contribution in [3.63, 3.8) is 0 Å². The highest BCUT2D eigenvalue weighted by Gasteiger charge is 2.16. The Balaban J connectivity index is 1.72. The summed E-state index contributed by atoms with van der Waals surface area (Å²) in [6.07, 6.45) is 4.13. The van der Waals surface area contributed by atoms with Crippen molar-refractivity contribution in [3.05, 3.63) is 48.0 Å². The molecule has 0 spiro atoms. The molecule has 3 rings (SSSR count). The van der Waals surface area contributed by atoms with Crippen molar-refractivity contribution in [2.45, 2.75) is 25.7 Å². The molecule has 20 heavy (non-hydrogen) atoms. The molecule has 0 atom stereocenters. The number of hydrogen-bond donors (Lipinski definition) is 1.